The van der Waals surface area contributed by atoms with Crippen LogP contribution < -0.4 is 5.32 Å². The van der Waals surface area contributed by atoms with Crippen LogP contribution in [0.4, 0.5) is 0 Å². The number of carbonyl (C=O) groups excluding carboxylic acids is 1. The highest BCUT2D eigenvalue weighted by Crippen LogP contribution is 2.30. The normalized spacial score (nSPS) is 19.0. The zero-order valence-electron chi connectivity index (χ0n) is 11.0. The van der Waals surface area contributed by atoms with Gasteiger partial charge in [-0.05, 0) is 25.2 Å². The van der Waals surface area contributed by atoms with E-state index in [0.29, 0.717) is 0 Å². The molecule has 1 saturated carbocycles. The fourth-order valence-electron chi connectivity index (χ4n) is 2.57. The van der Waals surface area contributed by atoms with Crippen LogP contribution in [0.5, 0.6) is 0 Å². The molecule has 98 valence electrons. The van der Waals surface area contributed by atoms with Crippen molar-refractivity contribution in [3.63, 3.8) is 0 Å². The number of hydrogen-bond donors (Lipinski definition) is 2. The molecule has 0 saturated heterocycles. The lowest BCUT2D eigenvalue weighted by Crippen LogP contribution is -2.45. The van der Waals surface area contributed by atoms with E-state index in [1.54, 1.807) is 0 Å². The van der Waals surface area contributed by atoms with Gasteiger partial charge in [-0.3, -0.25) is 9.59 Å². The zero-order chi connectivity index (χ0) is 13.1. The summed E-state index contributed by atoms with van der Waals surface area (Å²) < 4.78 is 0. The molecule has 4 nitrogen and oxygen atoms in total. The fourth-order valence-corrected chi connectivity index (χ4v) is 2.57. The van der Waals surface area contributed by atoms with Gasteiger partial charge in [-0.2, -0.15) is 0 Å². The minimum Gasteiger partial charge on any atom is -0.481 e. The van der Waals surface area contributed by atoms with Crippen molar-refractivity contribution in [3.05, 3.63) is 0 Å². The summed E-state index contributed by atoms with van der Waals surface area (Å²) in [4.78, 5) is 22.6. The maximum absolute atomic E-state index is 11.9. The number of carboxylic acids is 1. The number of rotatable bonds is 5. The molecule has 1 amide bonds. The summed E-state index contributed by atoms with van der Waals surface area (Å²) >= 11 is 0. The first-order valence-electron chi connectivity index (χ1n) is 6.25. The minimum atomic E-state index is -0.852. The molecule has 1 aliphatic carbocycles. The van der Waals surface area contributed by atoms with Crippen LogP contribution in [0, 0.1) is 5.41 Å². The average molecular weight is 241 g/mol. The summed E-state index contributed by atoms with van der Waals surface area (Å²) in [7, 11) is 0. The summed E-state index contributed by atoms with van der Waals surface area (Å²) in [5.41, 5.74) is -0.554. The monoisotopic (exact) mass is 241 g/mol. The van der Waals surface area contributed by atoms with Gasteiger partial charge >= 0.3 is 5.97 Å². The highest BCUT2D eigenvalue weighted by molar-refractivity contribution is 5.78. The second kappa shape index (κ2) is 5.07. The molecule has 4 heteroatoms. The third-order valence-electron chi connectivity index (χ3n) is 3.42. The third kappa shape index (κ3) is 4.75. The van der Waals surface area contributed by atoms with Crippen molar-refractivity contribution in [2.45, 2.75) is 64.8 Å². The molecule has 0 aromatic carbocycles. The topological polar surface area (TPSA) is 66.4 Å². The predicted molar refractivity (Wildman–Crippen MR) is 65.7 cm³/mol. The molecule has 0 aromatic heterocycles. The van der Waals surface area contributed by atoms with E-state index in [4.69, 9.17) is 5.11 Å². The van der Waals surface area contributed by atoms with Crippen LogP contribution in [-0.2, 0) is 9.59 Å². The summed E-state index contributed by atoms with van der Waals surface area (Å²) in [6.07, 6.45) is 4.67. The first kappa shape index (κ1) is 14.0. The van der Waals surface area contributed by atoms with Gasteiger partial charge in [0.25, 0.3) is 0 Å². The summed E-state index contributed by atoms with van der Waals surface area (Å²) in [5.74, 6) is -0.879. The van der Waals surface area contributed by atoms with Crippen molar-refractivity contribution in [1.82, 2.24) is 5.32 Å². The van der Waals surface area contributed by atoms with E-state index in [1.807, 2.05) is 13.8 Å². The van der Waals surface area contributed by atoms with E-state index < -0.39 is 11.4 Å². The van der Waals surface area contributed by atoms with Crippen molar-refractivity contribution in [2.75, 3.05) is 0 Å². The number of amides is 1. The van der Waals surface area contributed by atoms with Crippen LogP contribution in [0.25, 0.3) is 0 Å². The molecular weight excluding hydrogens is 218 g/mol. The fraction of sp³-hybridized carbons (Fsp3) is 0.846. The number of aliphatic carboxylic acids is 1. The summed E-state index contributed by atoms with van der Waals surface area (Å²) in [5, 5.41) is 11.8. The van der Waals surface area contributed by atoms with Gasteiger partial charge in [0.15, 0.2) is 0 Å². The Bertz CT molecular complexity index is 304. The average Bonchev–Trinajstić information content (AvgIpc) is 2.46. The largest absolute Gasteiger partial charge is 0.481 e. The highest BCUT2D eigenvalue weighted by Gasteiger charge is 2.32. The molecule has 2 N–H and O–H groups in total. The number of nitrogens with one attached hydrogen (secondary N) is 1. The Morgan fingerprint density at radius 1 is 1.24 bits per heavy atom. The second-order valence-electron chi connectivity index (χ2n) is 6.23. The van der Waals surface area contributed by atoms with E-state index in [1.165, 1.54) is 0 Å². The maximum Gasteiger partial charge on any atom is 0.303 e. The van der Waals surface area contributed by atoms with Gasteiger partial charge in [-0.15, -0.1) is 0 Å². The molecule has 17 heavy (non-hydrogen) atoms. The molecule has 1 rings (SSSR count). The Labute approximate surface area is 103 Å². The molecule has 0 atom stereocenters. The zero-order valence-corrected chi connectivity index (χ0v) is 11.0. The van der Waals surface area contributed by atoms with Crippen molar-refractivity contribution in [2.24, 2.45) is 5.41 Å². The molecular formula is C13H23NO3. The lowest BCUT2D eigenvalue weighted by atomic mass is 9.85. The molecule has 0 aliphatic heterocycles. The molecule has 1 aliphatic rings. The van der Waals surface area contributed by atoms with E-state index in [-0.39, 0.29) is 24.3 Å². The van der Waals surface area contributed by atoms with Crippen molar-refractivity contribution >= 4 is 11.9 Å². The highest BCUT2D eigenvalue weighted by atomic mass is 16.4. The standard InChI is InChI=1S/C13H23NO3/c1-12(2,9-11(16)17)8-10(15)14-13(3)6-4-5-7-13/h4-9H2,1-3H3,(H,14,15)(H,16,17). The Morgan fingerprint density at radius 2 is 1.76 bits per heavy atom. The number of hydrogen-bond acceptors (Lipinski definition) is 2. The smallest absolute Gasteiger partial charge is 0.303 e. The molecule has 0 aromatic rings. The van der Waals surface area contributed by atoms with Gasteiger partial charge in [-0.1, -0.05) is 26.7 Å². The van der Waals surface area contributed by atoms with Crippen LogP contribution in [0.15, 0.2) is 0 Å². The Morgan fingerprint density at radius 3 is 2.24 bits per heavy atom. The lowest BCUT2D eigenvalue weighted by molar-refractivity contribution is -0.139. The van der Waals surface area contributed by atoms with Gasteiger partial charge < -0.3 is 10.4 Å². The lowest BCUT2D eigenvalue weighted by Gasteiger charge is -2.28. The molecule has 1 fully saturated rings. The van der Waals surface area contributed by atoms with Gasteiger partial charge in [-0.25, -0.2) is 0 Å². The molecule has 0 bridgehead atoms. The molecule has 0 heterocycles. The number of carboxylic acid groups (broad SMARTS) is 1. The summed E-state index contributed by atoms with van der Waals surface area (Å²) in [6.45, 7) is 5.71. The van der Waals surface area contributed by atoms with E-state index in [9.17, 15) is 9.59 Å². The van der Waals surface area contributed by atoms with Crippen molar-refractivity contribution in [3.8, 4) is 0 Å². The van der Waals surface area contributed by atoms with Gasteiger partial charge in [0, 0.05) is 12.0 Å². The third-order valence-corrected chi connectivity index (χ3v) is 3.42. The SMILES string of the molecule is CC(C)(CC(=O)O)CC(=O)NC1(C)CCCC1. The van der Waals surface area contributed by atoms with Crippen LogP contribution in [0.3, 0.4) is 0 Å². The summed E-state index contributed by atoms with van der Waals surface area (Å²) in [6, 6.07) is 0. The molecule has 0 radical (unpaired) electrons. The van der Waals surface area contributed by atoms with E-state index in [2.05, 4.69) is 12.2 Å². The Balaban J connectivity index is 2.46. The second-order valence-corrected chi connectivity index (χ2v) is 6.23. The van der Waals surface area contributed by atoms with Crippen LogP contribution in [0.1, 0.15) is 59.3 Å². The van der Waals surface area contributed by atoms with Gasteiger partial charge in [0.2, 0.25) is 5.91 Å². The van der Waals surface area contributed by atoms with E-state index in [0.717, 1.165) is 25.7 Å². The van der Waals surface area contributed by atoms with Crippen molar-refractivity contribution < 1.29 is 14.7 Å². The molecule has 0 unspecified atom stereocenters. The van der Waals surface area contributed by atoms with E-state index >= 15 is 0 Å². The quantitative estimate of drug-likeness (QED) is 0.776. The maximum atomic E-state index is 11.9. The minimum absolute atomic E-state index is 0.0249. The van der Waals surface area contributed by atoms with Gasteiger partial charge in [0.05, 0.1) is 6.42 Å². The van der Waals surface area contributed by atoms with Crippen LogP contribution >= 0.6 is 0 Å². The Kier molecular flexibility index (Phi) is 4.17. The first-order valence-corrected chi connectivity index (χ1v) is 6.25. The number of carbonyl (C=O) groups is 2. The van der Waals surface area contributed by atoms with Crippen molar-refractivity contribution in [1.29, 1.82) is 0 Å². The van der Waals surface area contributed by atoms with Crippen LogP contribution in [0.2, 0.25) is 0 Å². The Hall–Kier alpha value is -1.06. The van der Waals surface area contributed by atoms with Crippen LogP contribution in [-0.4, -0.2) is 22.5 Å². The molecule has 0 spiro atoms. The van der Waals surface area contributed by atoms with Gasteiger partial charge in [0.1, 0.15) is 0 Å². The predicted octanol–water partition coefficient (Wildman–Crippen LogP) is 2.33. The first-order chi connectivity index (χ1) is 7.72.